The van der Waals surface area contributed by atoms with Crippen molar-refractivity contribution in [3.8, 4) is 5.69 Å². The van der Waals surface area contributed by atoms with Crippen LogP contribution in [-0.2, 0) is 4.79 Å². The van der Waals surface area contributed by atoms with Crippen molar-refractivity contribution >= 4 is 17.7 Å². The number of para-hydroxylation sites is 1. The predicted octanol–water partition coefficient (Wildman–Crippen LogP) is 3.19. The van der Waals surface area contributed by atoms with Crippen LogP contribution < -0.4 is 5.32 Å². The average molecular weight is 303 g/mol. The summed E-state index contributed by atoms with van der Waals surface area (Å²) in [5.74, 6) is 0.0567. The van der Waals surface area contributed by atoms with Gasteiger partial charge in [-0.25, -0.2) is 4.98 Å². The largest absolute Gasteiger partial charge is 0.355 e. The Hall–Kier alpha value is -1.75. The van der Waals surface area contributed by atoms with Crippen LogP contribution in [0, 0.1) is 6.92 Å². The standard InChI is InChI=1S/C16H21N3OS/c1-4-9-17-15(20)13(3)21-16-18-10-11-19(16)14-8-6-5-7-12(14)2/h5-8,10-11,13H,4,9H2,1-3H3,(H,17,20). The Bertz CT molecular complexity index is 609. The number of nitrogens with zero attached hydrogens (tertiary/aromatic N) is 2. The molecule has 0 aliphatic carbocycles. The summed E-state index contributed by atoms with van der Waals surface area (Å²) in [6.07, 6.45) is 4.65. The number of thioether (sulfide) groups is 1. The second-order valence-corrected chi connectivity index (χ2v) is 6.23. The first-order valence-electron chi connectivity index (χ1n) is 7.17. The Morgan fingerprint density at radius 1 is 1.43 bits per heavy atom. The lowest BCUT2D eigenvalue weighted by molar-refractivity contribution is -0.120. The molecule has 0 spiro atoms. The zero-order valence-electron chi connectivity index (χ0n) is 12.7. The van der Waals surface area contributed by atoms with E-state index in [0.29, 0.717) is 0 Å². The molecular formula is C16H21N3OS. The van der Waals surface area contributed by atoms with E-state index in [9.17, 15) is 4.79 Å². The molecule has 1 amide bonds. The van der Waals surface area contributed by atoms with Crippen molar-refractivity contribution in [1.29, 1.82) is 0 Å². The summed E-state index contributed by atoms with van der Waals surface area (Å²) in [5, 5.41) is 3.59. The molecule has 112 valence electrons. The molecule has 0 radical (unpaired) electrons. The molecule has 21 heavy (non-hydrogen) atoms. The molecule has 1 heterocycles. The molecule has 0 saturated heterocycles. The first-order chi connectivity index (χ1) is 10.1. The Labute approximate surface area is 130 Å². The predicted molar refractivity (Wildman–Crippen MR) is 86.9 cm³/mol. The van der Waals surface area contributed by atoms with E-state index < -0.39 is 0 Å². The molecule has 0 aliphatic heterocycles. The van der Waals surface area contributed by atoms with Crippen LogP contribution in [0.1, 0.15) is 25.8 Å². The molecule has 0 fully saturated rings. The van der Waals surface area contributed by atoms with Crippen LogP contribution in [0.5, 0.6) is 0 Å². The van der Waals surface area contributed by atoms with E-state index in [1.807, 2.05) is 36.7 Å². The molecule has 5 heteroatoms. The minimum Gasteiger partial charge on any atom is -0.355 e. The smallest absolute Gasteiger partial charge is 0.233 e. The number of amides is 1. The van der Waals surface area contributed by atoms with Crippen LogP contribution in [0.4, 0.5) is 0 Å². The summed E-state index contributed by atoms with van der Waals surface area (Å²) in [6, 6.07) is 8.15. The van der Waals surface area contributed by atoms with Gasteiger partial charge in [-0.05, 0) is 31.9 Å². The van der Waals surface area contributed by atoms with Crippen LogP contribution >= 0.6 is 11.8 Å². The lowest BCUT2D eigenvalue weighted by atomic mass is 10.2. The zero-order chi connectivity index (χ0) is 15.2. The van der Waals surface area contributed by atoms with Gasteiger partial charge in [-0.15, -0.1) is 0 Å². The second-order valence-electron chi connectivity index (χ2n) is 4.92. The lowest BCUT2D eigenvalue weighted by Gasteiger charge is -2.14. The highest BCUT2D eigenvalue weighted by Crippen LogP contribution is 2.25. The van der Waals surface area contributed by atoms with Crippen molar-refractivity contribution in [2.75, 3.05) is 6.54 Å². The Morgan fingerprint density at radius 2 is 2.19 bits per heavy atom. The number of benzene rings is 1. The van der Waals surface area contributed by atoms with E-state index >= 15 is 0 Å². The Balaban J connectivity index is 2.14. The van der Waals surface area contributed by atoms with Gasteiger partial charge < -0.3 is 5.32 Å². The van der Waals surface area contributed by atoms with Gasteiger partial charge in [0.25, 0.3) is 0 Å². The van der Waals surface area contributed by atoms with Crippen molar-refractivity contribution in [3.05, 3.63) is 42.2 Å². The Morgan fingerprint density at radius 3 is 2.90 bits per heavy atom. The summed E-state index contributed by atoms with van der Waals surface area (Å²) in [7, 11) is 0. The van der Waals surface area contributed by atoms with Gasteiger partial charge in [0, 0.05) is 18.9 Å². The summed E-state index contributed by atoms with van der Waals surface area (Å²) in [5.41, 5.74) is 2.28. The van der Waals surface area contributed by atoms with Gasteiger partial charge in [0.1, 0.15) is 0 Å². The van der Waals surface area contributed by atoms with E-state index in [2.05, 4.69) is 29.4 Å². The number of rotatable bonds is 6. The van der Waals surface area contributed by atoms with Crippen molar-refractivity contribution in [2.45, 2.75) is 37.6 Å². The van der Waals surface area contributed by atoms with Crippen molar-refractivity contribution < 1.29 is 4.79 Å². The molecule has 1 aromatic heterocycles. The quantitative estimate of drug-likeness (QED) is 0.834. The molecule has 1 unspecified atom stereocenters. The number of carbonyl (C=O) groups is 1. The third-order valence-electron chi connectivity index (χ3n) is 3.18. The fourth-order valence-corrected chi connectivity index (χ4v) is 2.90. The fourth-order valence-electron chi connectivity index (χ4n) is 2.00. The minimum atomic E-state index is -0.165. The van der Waals surface area contributed by atoms with Gasteiger partial charge in [-0.2, -0.15) is 0 Å². The van der Waals surface area contributed by atoms with Gasteiger partial charge in [-0.3, -0.25) is 9.36 Å². The number of carbonyl (C=O) groups excluding carboxylic acids is 1. The highest BCUT2D eigenvalue weighted by atomic mass is 32.2. The van der Waals surface area contributed by atoms with Crippen molar-refractivity contribution in [1.82, 2.24) is 14.9 Å². The minimum absolute atomic E-state index is 0.0567. The van der Waals surface area contributed by atoms with Gasteiger partial charge in [0.15, 0.2) is 5.16 Å². The van der Waals surface area contributed by atoms with Gasteiger partial charge >= 0.3 is 0 Å². The first-order valence-corrected chi connectivity index (χ1v) is 8.05. The number of nitrogens with one attached hydrogen (secondary N) is 1. The third kappa shape index (κ3) is 3.88. The van der Waals surface area contributed by atoms with E-state index in [0.717, 1.165) is 23.8 Å². The van der Waals surface area contributed by atoms with Gasteiger partial charge in [-0.1, -0.05) is 36.9 Å². The molecular weight excluding hydrogens is 282 g/mol. The molecule has 1 aromatic carbocycles. The molecule has 2 aromatic rings. The molecule has 1 N–H and O–H groups in total. The van der Waals surface area contributed by atoms with Gasteiger partial charge in [0.2, 0.25) is 5.91 Å². The molecule has 4 nitrogen and oxygen atoms in total. The van der Waals surface area contributed by atoms with Crippen molar-refractivity contribution in [2.24, 2.45) is 0 Å². The number of imidazole rings is 1. The van der Waals surface area contributed by atoms with E-state index in [1.165, 1.54) is 17.3 Å². The monoisotopic (exact) mass is 303 g/mol. The molecule has 0 aliphatic rings. The maximum Gasteiger partial charge on any atom is 0.233 e. The summed E-state index contributed by atoms with van der Waals surface area (Å²) < 4.78 is 2.03. The normalized spacial score (nSPS) is 12.1. The number of aromatic nitrogens is 2. The Kier molecular flexibility index (Phi) is 5.44. The van der Waals surface area contributed by atoms with Crippen LogP contribution in [0.2, 0.25) is 0 Å². The second kappa shape index (κ2) is 7.31. The highest BCUT2D eigenvalue weighted by molar-refractivity contribution is 8.00. The zero-order valence-corrected chi connectivity index (χ0v) is 13.5. The van der Waals surface area contributed by atoms with Crippen LogP contribution in [0.15, 0.2) is 41.8 Å². The molecule has 2 rings (SSSR count). The van der Waals surface area contributed by atoms with E-state index in [-0.39, 0.29) is 11.2 Å². The lowest BCUT2D eigenvalue weighted by Crippen LogP contribution is -2.31. The summed E-state index contributed by atoms with van der Waals surface area (Å²) >= 11 is 1.48. The summed E-state index contributed by atoms with van der Waals surface area (Å²) in [4.78, 5) is 16.4. The van der Waals surface area contributed by atoms with E-state index in [4.69, 9.17) is 0 Å². The van der Waals surface area contributed by atoms with Crippen LogP contribution in [0.25, 0.3) is 5.69 Å². The molecule has 0 saturated carbocycles. The SMILES string of the molecule is CCCNC(=O)C(C)Sc1nccn1-c1ccccc1C. The van der Waals surface area contributed by atoms with Crippen LogP contribution in [0.3, 0.4) is 0 Å². The maximum absolute atomic E-state index is 12.0. The molecule has 0 bridgehead atoms. The molecule has 1 atom stereocenters. The summed E-state index contributed by atoms with van der Waals surface area (Å²) in [6.45, 7) is 6.74. The fraction of sp³-hybridized carbons (Fsp3) is 0.375. The highest BCUT2D eigenvalue weighted by Gasteiger charge is 2.17. The van der Waals surface area contributed by atoms with Crippen molar-refractivity contribution in [3.63, 3.8) is 0 Å². The van der Waals surface area contributed by atoms with Gasteiger partial charge in [0.05, 0.1) is 10.9 Å². The van der Waals surface area contributed by atoms with Crippen LogP contribution in [-0.4, -0.2) is 27.3 Å². The maximum atomic E-state index is 12.0. The first kappa shape index (κ1) is 15.6. The number of hydrogen-bond donors (Lipinski definition) is 1. The van der Waals surface area contributed by atoms with E-state index in [1.54, 1.807) is 6.20 Å². The third-order valence-corrected chi connectivity index (χ3v) is 4.26. The topological polar surface area (TPSA) is 46.9 Å². The average Bonchev–Trinajstić information content (AvgIpc) is 2.93. The number of hydrogen-bond acceptors (Lipinski definition) is 3. The number of aryl methyl sites for hydroxylation is 1.